The number of unbranched alkanes of at least 4 members (excludes halogenated alkanes) is 1. The number of carbonyl (C=O) groups is 1. The molecule has 3 aromatic carbocycles. The van der Waals surface area contributed by atoms with Crippen molar-refractivity contribution in [2.45, 2.75) is 89.9 Å². The summed E-state index contributed by atoms with van der Waals surface area (Å²) in [4.78, 5) is 39.5. The molecule has 11 heteroatoms. The zero-order valence-corrected chi connectivity index (χ0v) is 33.6. The Balaban J connectivity index is 0.818. The van der Waals surface area contributed by atoms with E-state index in [1.165, 1.54) is 25.7 Å². The number of aromatic nitrogens is 2. The number of para-hydroxylation sites is 3. The van der Waals surface area contributed by atoms with E-state index in [0.717, 1.165) is 106 Å². The first-order valence-corrected chi connectivity index (χ1v) is 20.9. The molecule has 3 saturated heterocycles. The van der Waals surface area contributed by atoms with Crippen LogP contribution in [0.15, 0.2) is 71.5 Å². The molecule has 0 radical (unpaired) electrons. The number of benzene rings is 3. The third-order valence-corrected chi connectivity index (χ3v) is 11.9. The molecule has 3 aliphatic heterocycles. The van der Waals surface area contributed by atoms with Gasteiger partial charge in [-0.2, -0.15) is 0 Å². The minimum Gasteiger partial charge on any atom is -0.496 e. The Morgan fingerprint density at radius 2 is 1.62 bits per heavy atom. The zero-order chi connectivity index (χ0) is 38.9. The lowest BCUT2D eigenvalue weighted by atomic mass is 9.82. The van der Waals surface area contributed by atoms with E-state index in [2.05, 4.69) is 20.0 Å². The summed E-state index contributed by atoms with van der Waals surface area (Å²) >= 11 is 0. The maximum Gasteiger partial charge on any atom is 0.310 e. The zero-order valence-electron chi connectivity index (χ0n) is 33.6. The smallest absolute Gasteiger partial charge is 0.310 e. The van der Waals surface area contributed by atoms with Gasteiger partial charge in [-0.15, -0.1) is 0 Å². The quantitative estimate of drug-likeness (QED) is 0.106. The third kappa shape index (κ3) is 9.80. The molecule has 7 rings (SSSR count). The molecule has 11 nitrogen and oxygen atoms in total. The molecule has 4 heterocycles. The normalized spacial score (nSPS) is 20.6. The van der Waals surface area contributed by atoms with Gasteiger partial charge >= 0.3 is 5.97 Å². The molecule has 0 spiro atoms. The van der Waals surface area contributed by atoms with Gasteiger partial charge in [-0.1, -0.05) is 48.4 Å². The first-order valence-electron chi connectivity index (χ1n) is 20.9. The summed E-state index contributed by atoms with van der Waals surface area (Å²) < 4.78 is 19.2. The van der Waals surface area contributed by atoms with Gasteiger partial charge in [0.1, 0.15) is 23.4 Å². The van der Waals surface area contributed by atoms with Crippen molar-refractivity contribution >= 4 is 16.9 Å². The van der Waals surface area contributed by atoms with E-state index in [9.17, 15) is 9.59 Å². The molecule has 2 bridgehead atoms. The monoisotopic (exact) mass is 764 g/mol. The van der Waals surface area contributed by atoms with E-state index in [0.29, 0.717) is 36.4 Å². The molecule has 1 N–H and O–H groups in total. The summed E-state index contributed by atoms with van der Waals surface area (Å²) in [6.07, 6.45) is 8.15. The highest BCUT2D eigenvalue weighted by atomic mass is 16.5. The van der Waals surface area contributed by atoms with Crippen molar-refractivity contribution < 1.29 is 19.0 Å². The number of nitrogens with zero attached hydrogens (tertiary/aromatic N) is 5. The first kappa shape index (κ1) is 39.9. The highest BCUT2D eigenvalue weighted by molar-refractivity contribution is 5.78. The minimum atomic E-state index is -0.149. The molecular weight excluding hydrogens is 705 g/mol. The molecular formula is C45H60N6O5. The first-order chi connectivity index (χ1) is 27.4. The molecule has 56 heavy (non-hydrogen) atoms. The van der Waals surface area contributed by atoms with Crippen molar-refractivity contribution in [3.8, 4) is 17.2 Å². The average Bonchev–Trinajstić information content (AvgIpc) is 3.19. The molecule has 300 valence electrons. The number of esters is 1. The Kier molecular flexibility index (Phi) is 13.7. The number of aryl methyl sites for hydroxylation is 1. The van der Waals surface area contributed by atoms with E-state index >= 15 is 0 Å². The van der Waals surface area contributed by atoms with Gasteiger partial charge in [0, 0.05) is 69.8 Å². The van der Waals surface area contributed by atoms with Crippen molar-refractivity contribution in [2.75, 3.05) is 66.1 Å². The Labute approximate surface area is 331 Å². The third-order valence-electron chi connectivity index (χ3n) is 11.9. The summed E-state index contributed by atoms with van der Waals surface area (Å²) in [6, 6.07) is 22.3. The number of carbonyl (C=O) groups excluding carboxylic acids is 1. The van der Waals surface area contributed by atoms with E-state index in [4.69, 9.17) is 19.2 Å². The van der Waals surface area contributed by atoms with E-state index in [-0.39, 0.29) is 24.1 Å². The van der Waals surface area contributed by atoms with Crippen LogP contribution < -0.4 is 20.3 Å². The summed E-state index contributed by atoms with van der Waals surface area (Å²) in [5.74, 6) is 2.02. The van der Waals surface area contributed by atoms with Gasteiger partial charge in [-0.3, -0.25) is 28.9 Å². The molecule has 2 unspecified atom stereocenters. The maximum atomic E-state index is 13.9. The number of piperazine rings is 1. The van der Waals surface area contributed by atoms with Gasteiger partial charge in [0.15, 0.2) is 0 Å². The topological polar surface area (TPSA) is 101 Å². The molecule has 0 amide bonds. The lowest BCUT2D eigenvalue weighted by Gasteiger charge is -2.48. The molecule has 2 atom stereocenters. The summed E-state index contributed by atoms with van der Waals surface area (Å²) in [7, 11) is 1.65. The SMILES string of the molecule is CCOc1ccccc1-n1c(CN2CCN(CCNCCCCN3C4CCCC3CC(OC(=O)Cc3cc(C)ccc3OC)C4)CC2)nc2ccccc2c1=O. The predicted octanol–water partition coefficient (Wildman–Crippen LogP) is 5.76. The number of nitrogens with one attached hydrogen (secondary N) is 1. The Morgan fingerprint density at radius 1 is 0.875 bits per heavy atom. The highest BCUT2D eigenvalue weighted by Crippen LogP contribution is 2.36. The van der Waals surface area contributed by atoms with Gasteiger partial charge < -0.3 is 19.5 Å². The Morgan fingerprint density at radius 3 is 2.41 bits per heavy atom. The second kappa shape index (κ2) is 19.2. The van der Waals surface area contributed by atoms with Crippen LogP contribution in [-0.2, 0) is 22.5 Å². The van der Waals surface area contributed by atoms with Gasteiger partial charge in [0.25, 0.3) is 5.56 Å². The molecule has 3 fully saturated rings. The van der Waals surface area contributed by atoms with Gasteiger partial charge in [-0.25, -0.2) is 4.98 Å². The summed E-state index contributed by atoms with van der Waals surface area (Å²) in [5, 5.41) is 4.31. The van der Waals surface area contributed by atoms with Crippen LogP contribution in [0.2, 0.25) is 0 Å². The largest absolute Gasteiger partial charge is 0.496 e. The standard InChI is InChI=1S/C45H60N6O5/c1-4-55-42-17-8-7-16-40(42)51-43(47-39-15-6-5-14-38(39)45(51)53)32-49-26-24-48(25-27-49)23-21-46-20-9-10-22-50-35-12-11-13-36(50)31-37(30-35)56-44(52)29-34-28-33(2)18-19-41(34)54-3/h5-8,14-19,28,35-37,46H,4,9-13,20-27,29-32H2,1-3H3. The number of hydrogen-bond acceptors (Lipinski definition) is 10. The van der Waals surface area contributed by atoms with Crippen LogP contribution in [-0.4, -0.2) is 114 Å². The fraction of sp³-hybridized carbons (Fsp3) is 0.533. The number of methoxy groups -OCH3 is 1. The van der Waals surface area contributed by atoms with Crippen molar-refractivity contribution in [1.29, 1.82) is 0 Å². The molecule has 3 aliphatic rings. The number of piperidine rings is 2. The van der Waals surface area contributed by atoms with Crippen molar-refractivity contribution in [2.24, 2.45) is 0 Å². The second-order valence-electron chi connectivity index (χ2n) is 15.7. The van der Waals surface area contributed by atoms with Crippen molar-refractivity contribution in [1.82, 2.24) is 29.6 Å². The number of ether oxygens (including phenoxy) is 3. The number of fused-ring (bicyclic) bond motifs is 3. The van der Waals surface area contributed by atoms with Gasteiger partial charge in [0.05, 0.1) is 43.3 Å². The molecule has 0 saturated carbocycles. The molecule has 1 aromatic heterocycles. The van der Waals surface area contributed by atoms with Crippen LogP contribution in [0.4, 0.5) is 0 Å². The van der Waals surface area contributed by atoms with Crippen LogP contribution in [0.5, 0.6) is 11.5 Å². The summed E-state index contributed by atoms with van der Waals surface area (Å²) in [6.45, 7) is 13.1. The molecule has 0 aliphatic carbocycles. The lowest BCUT2D eigenvalue weighted by Crippen LogP contribution is -2.54. The second-order valence-corrected chi connectivity index (χ2v) is 15.7. The fourth-order valence-electron chi connectivity index (χ4n) is 9.05. The van der Waals surface area contributed by atoms with Gasteiger partial charge in [-0.05, 0) is 83.0 Å². The Bertz CT molecular complexity index is 1960. The average molecular weight is 765 g/mol. The van der Waals surface area contributed by atoms with Crippen LogP contribution in [0.3, 0.4) is 0 Å². The van der Waals surface area contributed by atoms with Gasteiger partial charge in [0.2, 0.25) is 0 Å². The van der Waals surface area contributed by atoms with Crippen LogP contribution in [0.25, 0.3) is 16.6 Å². The number of rotatable bonds is 17. The highest BCUT2D eigenvalue weighted by Gasteiger charge is 2.39. The van der Waals surface area contributed by atoms with Crippen molar-refractivity contribution in [3.63, 3.8) is 0 Å². The van der Waals surface area contributed by atoms with E-state index in [1.54, 1.807) is 11.7 Å². The lowest BCUT2D eigenvalue weighted by molar-refractivity contribution is -0.154. The van der Waals surface area contributed by atoms with Crippen LogP contribution in [0, 0.1) is 6.92 Å². The van der Waals surface area contributed by atoms with E-state index < -0.39 is 0 Å². The van der Waals surface area contributed by atoms with Crippen molar-refractivity contribution in [3.05, 3.63) is 94.0 Å². The maximum absolute atomic E-state index is 13.9. The number of hydrogen-bond donors (Lipinski definition) is 1. The molecule has 4 aromatic rings. The summed E-state index contributed by atoms with van der Waals surface area (Å²) in [5.41, 5.74) is 3.41. The predicted molar refractivity (Wildman–Crippen MR) is 221 cm³/mol. The Hall–Kier alpha value is -4.29. The van der Waals surface area contributed by atoms with Crippen LogP contribution in [0.1, 0.15) is 68.8 Å². The minimum absolute atomic E-state index is 0.00828. The fourth-order valence-corrected chi connectivity index (χ4v) is 9.05. The van der Waals surface area contributed by atoms with E-state index in [1.807, 2.05) is 80.6 Å². The van der Waals surface area contributed by atoms with Crippen LogP contribution >= 0.6 is 0 Å².